The van der Waals surface area contributed by atoms with Crippen LogP contribution in [0.5, 0.6) is 0 Å². The lowest BCUT2D eigenvalue weighted by molar-refractivity contribution is 0.445. The molecule has 0 radical (unpaired) electrons. The summed E-state index contributed by atoms with van der Waals surface area (Å²) in [5.74, 6) is 0. The van der Waals surface area contributed by atoms with Crippen molar-refractivity contribution in [1.29, 1.82) is 0 Å². The monoisotopic (exact) mass is 213 g/mol. The Kier molecular flexibility index (Phi) is 2.37. The van der Waals surface area contributed by atoms with Gasteiger partial charge in [0, 0.05) is 23.5 Å². The topological polar surface area (TPSA) is 40.7 Å². The minimum Gasteiger partial charge on any atom is -0.382 e. The second-order valence-electron chi connectivity index (χ2n) is 4.32. The fourth-order valence-corrected chi connectivity index (χ4v) is 1.98. The Hall–Kier alpha value is -1.77. The first-order valence-electron chi connectivity index (χ1n) is 5.78. The van der Waals surface area contributed by atoms with E-state index in [1.165, 1.54) is 30.5 Å². The van der Waals surface area contributed by atoms with Gasteiger partial charge in [0.15, 0.2) is 0 Å². The minimum absolute atomic E-state index is 0.678. The van der Waals surface area contributed by atoms with Crippen molar-refractivity contribution < 1.29 is 0 Å². The highest BCUT2D eigenvalue weighted by atomic mass is 15.1. The fourth-order valence-electron chi connectivity index (χ4n) is 1.98. The highest BCUT2D eigenvalue weighted by molar-refractivity contribution is 5.64. The molecule has 82 valence electrons. The highest BCUT2D eigenvalue weighted by Crippen LogP contribution is 2.25. The summed E-state index contributed by atoms with van der Waals surface area (Å²) in [7, 11) is 0. The van der Waals surface area contributed by atoms with Crippen LogP contribution in [0.15, 0.2) is 36.5 Å². The van der Waals surface area contributed by atoms with Crippen LogP contribution in [0.1, 0.15) is 19.3 Å². The number of nitrogens with one attached hydrogen (secondary N) is 2. The summed E-state index contributed by atoms with van der Waals surface area (Å²) in [6, 6.07) is 11.1. The number of aromatic amines is 1. The van der Waals surface area contributed by atoms with Crippen molar-refractivity contribution in [1.82, 2.24) is 10.2 Å². The summed E-state index contributed by atoms with van der Waals surface area (Å²) in [5, 5.41) is 10.5. The summed E-state index contributed by atoms with van der Waals surface area (Å²) >= 11 is 0. The van der Waals surface area contributed by atoms with Gasteiger partial charge in [-0.25, -0.2) is 0 Å². The predicted octanol–water partition coefficient (Wildman–Crippen LogP) is 3.04. The molecule has 1 aliphatic rings. The van der Waals surface area contributed by atoms with E-state index in [0.717, 1.165) is 5.69 Å². The molecule has 0 saturated heterocycles. The van der Waals surface area contributed by atoms with Crippen LogP contribution in [0.4, 0.5) is 5.69 Å². The number of rotatable bonds is 3. The van der Waals surface area contributed by atoms with Crippen LogP contribution in [0.3, 0.4) is 0 Å². The average molecular weight is 213 g/mol. The van der Waals surface area contributed by atoms with Crippen molar-refractivity contribution in [3.63, 3.8) is 0 Å². The molecule has 0 bridgehead atoms. The van der Waals surface area contributed by atoms with Crippen LogP contribution in [-0.4, -0.2) is 16.2 Å². The molecule has 2 N–H and O–H groups in total. The number of aromatic nitrogens is 2. The summed E-state index contributed by atoms with van der Waals surface area (Å²) in [5.41, 5.74) is 3.45. The summed E-state index contributed by atoms with van der Waals surface area (Å²) in [6.07, 6.45) is 5.74. The second-order valence-corrected chi connectivity index (χ2v) is 4.32. The molecule has 16 heavy (non-hydrogen) atoms. The molecule has 3 rings (SSSR count). The third kappa shape index (κ3) is 1.81. The normalized spacial score (nSPS) is 15.8. The molecule has 1 aliphatic carbocycles. The van der Waals surface area contributed by atoms with Crippen molar-refractivity contribution >= 4 is 5.69 Å². The van der Waals surface area contributed by atoms with Crippen molar-refractivity contribution in [2.45, 2.75) is 25.3 Å². The average Bonchev–Trinajstić information content (AvgIpc) is 2.77. The lowest BCUT2D eigenvalue weighted by atomic mass is 9.93. The Balaban J connectivity index is 1.82. The highest BCUT2D eigenvalue weighted by Gasteiger charge is 2.16. The molecule has 0 aliphatic heterocycles. The SMILES string of the molecule is c1cc(NC2CCC2)cc(-c2ccn[nH]2)c1. The zero-order chi connectivity index (χ0) is 10.8. The third-order valence-electron chi connectivity index (χ3n) is 3.15. The van der Waals surface area contributed by atoms with E-state index in [-0.39, 0.29) is 0 Å². The van der Waals surface area contributed by atoms with Crippen molar-refractivity contribution in [2.75, 3.05) is 5.32 Å². The maximum atomic E-state index is 3.97. The lowest BCUT2D eigenvalue weighted by Crippen LogP contribution is -2.26. The molecule has 2 aromatic rings. The van der Waals surface area contributed by atoms with Gasteiger partial charge >= 0.3 is 0 Å². The first-order chi connectivity index (χ1) is 7.92. The minimum atomic E-state index is 0.678. The Morgan fingerprint density at radius 3 is 2.88 bits per heavy atom. The van der Waals surface area contributed by atoms with Crippen molar-refractivity contribution in [3.05, 3.63) is 36.5 Å². The molecule has 1 aromatic carbocycles. The molecule has 1 heterocycles. The summed E-state index contributed by atoms with van der Waals surface area (Å²) < 4.78 is 0. The number of benzene rings is 1. The number of anilines is 1. The van der Waals surface area contributed by atoms with E-state index in [1.54, 1.807) is 6.20 Å². The summed E-state index contributed by atoms with van der Waals surface area (Å²) in [6.45, 7) is 0. The molecule has 0 spiro atoms. The van der Waals surface area contributed by atoms with Crippen LogP contribution in [0, 0.1) is 0 Å². The van der Waals surface area contributed by atoms with Crippen LogP contribution in [0.2, 0.25) is 0 Å². The quantitative estimate of drug-likeness (QED) is 0.822. The van der Waals surface area contributed by atoms with Crippen LogP contribution in [0.25, 0.3) is 11.3 Å². The zero-order valence-electron chi connectivity index (χ0n) is 9.11. The third-order valence-corrected chi connectivity index (χ3v) is 3.15. The van der Waals surface area contributed by atoms with E-state index in [2.05, 4.69) is 39.8 Å². The number of nitrogens with zero attached hydrogens (tertiary/aromatic N) is 1. The molecule has 0 unspecified atom stereocenters. The maximum Gasteiger partial charge on any atom is 0.0650 e. The first kappa shape index (κ1) is 9.46. The standard InChI is InChI=1S/C13H15N3/c1-3-10(13-7-8-14-16-13)9-12(6-1)15-11-4-2-5-11/h1,3,6-9,11,15H,2,4-5H2,(H,14,16). The number of H-pyrrole nitrogens is 1. The van der Waals surface area contributed by atoms with Gasteiger partial charge < -0.3 is 5.32 Å². The van der Waals surface area contributed by atoms with E-state index < -0.39 is 0 Å². The van der Waals surface area contributed by atoms with Gasteiger partial charge in [0.25, 0.3) is 0 Å². The fraction of sp³-hybridized carbons (Fsp3) is 0.308. The molecular weight excluding hydrogens is 198 g/mol. The number of hydrogen-bond donors (Lipinski definition) is 2. The van der Waals surface area contributed by atoms with E-state index >= 15 is 0 Å². The van der Waals surface area contributed by atoms with Gasteiger partial charge in [-0.1, -0.05) is 12.1 Å². The van der Waals surface area contributed by atoms with Crippen LogP contribution in [-0.2, 0) is 0 Å². The van der Waals surface area contributed by atoms with Gasteiger partial charge in [-0.05, 0) is 37.5 Å². The molecule has 1 aromatic heterocycles. The van der Waals surface area contributed by atoms with Gasteiger partial charge in [0.2, 0.25) is 0 Å². The Bertz CT molecular complexity index is 458. The van der Waals surface area contributed by atoms with Crippen LogP contribution < -0.4 is 5.32 Å². The predicted molar refractivity (Wildman–Crippen MR) is 65.3 cm³/mol. The second kappa shape index (κ2) is 4.00. The van der Waals surface area contributed by atoms with E-state index in [0.29, 0.717) is 6.04 Å². The van der Waals surface area contributed by atoms with Crippen molar-refractivity contribution in [3.8, 4) is 11.3 Å². The lowest BCUT2D eigenvalue weighted by Gasteiger charge is -2.27. The van der Waals surface area contributed by atoms with Crippen LogP contribution >= 0.6 is 0 Å². The largest absolute Gasteiger partial charge is 0.382 e. The van der Waals surface area contributed by atoms with Gasteiger partial charge in [-0.2, -0.15) is 5.10 Å². The first-order valence-corrected chi connectivity index (χ1v) is 5.78. The molecular formula is C13H15N3. The smallest absolute Gasteiger partial charge is 0.0650 e. The van der Waals surface area contributed by atoms with Crippen molar-refractivity contribution in [2.24, 2.45) is 0 Å². The van der Waals surface area contributed by atoms with Gasteiger partial charge in [-0.15, -0.1) is 0 Å². The molecule has 1 fully saturated rings. The Morgan fingerprint density at radius 1 is 1.25 bits per heavy atom. The van der Waals surface area contributed by atoms with Gasteiger partial charge in [-0.3, -0.25) is 5.10 Å². The molecule has 0 atom stereocenters. The molecule has 3 heteroatoms. The van der Waals surface area contributed by atoms with E-state index in [4.69, 9.17) is 0 Å². The zero-order valence-corrected chi connectivity index (χ0v) is 9.11. The van der Waals surface area contributed by atoms with Gasteiger partial charge in [0.1, 0.15) is 0 Å². The summed E-state index contributed by atoms with van der Waals surface area (Å²) in [4.78, 5) is 0. The Labute approximate surface area is 94.9 Å². The maximum absolute atomic E-state index is 3.97. The molecule has 1 saturated carbocycles. The van der Waals surface area contributed by atoms with E-state index in [1.807, 2.05) is 6.07 Å². The Morgan fingerprint density at radius 2 is 2.19 bits per heavy atom. The number of hydrogen-bond acceptors (Lipinski definition) is 2. The van der Waals surface area contributed by atoms with Gasteiger partial charge in [0.05, 0.1) is 5.69 Å². The molecule has 3 nitrogen and oxygen atoms in total. The van der Waals surface area contributed by atoms with E-state index in [9.17, 15) is 0 Å². The molecule has 0 amide bonds.